The van der Waals surface area contributed by atoms with Crippen molar-refractivity contribution in [2.45, 2.75) is 6.42 Å². The SMILES string of the molecule is O=C(C=Cc1cccc(N2C(=O)C3C4C=CC(C4)C3C2=O)c1)c1ccccc1. The van der Waals surface area contributed by atoms with Crippen LogP contribution in [0.2, 0.25) is 0 Å². The molecule has 0 spiro atoms. The highest BCUT2D eigenvalue weighted by atomic mass is 16.2. The van der Waals surface area contributed by atoms with Crippen LogP contribution in [0.5, 0.6) is 0 Å². The molecule has 2 aromatic carbocycles. The van der Waals surface area contributed by atoms with Crippen molar-refractivity contribution in [3.05, 3.63) is 84.0 Å². The molecule has 5 rings (SSSR count). The Kier molecular flexibility index (Phi) is 3.86. The summed E-state index contributed by atoms with van der Waals surface area (Å²) in [5.41, 5.74) is 1.98. The minimum absolute atomic E-state index is 0.0866. The van der Waals surface area contributed by atoms with Gasteiger partial charge >= 0.3 is 0 Å². The first-order valence-electron chi connectivity index (χ1n) is 9.57. The van der Waals surface area contributed by atoms with Crippen LogP contribution in [0.4, 0.5) is 5.69 Å². The van der Waals surface area contributed by atoms with Crippen molar-refractivity contribution in [1.82, 2.24) is 0 Å². The number of allylic oxidation sites excluding steroid dienone is 3. The Hall–Kier alpha value is -3.27. The highest BCUT2D eigenvalue weighted by Gasteiger charge is 2.59. The number of anilines is 1. The van der Waals surface area contributed by atoms with Crippen molar-refractivity contribution in [2.75, 3.05) is 4.90 Å². The number of hydrogen-bond donors (Lipinski definition) is 0. The molecule has 2 bridgehead atoms. The van der Waals surface area contributed by atoms with Crippen LogP contribution in [0.1, 0.15) is 22.3 Å². The molecule has 2 aromatic rings. The van der Waals surface area contributed by atoms with E-state index in [0.717, 1.165) is 12.0 Å². The highest BCUT2D eigenvalue weighted by Crippen LogP contribution is 2.53. The minimum atomic E-state index is -0.207. The topological polar surface area (TPSA) is 54.5 Å². The van der Waals surface area contributed by atoms with E-state index in [4.69, 9.17) is 0 Å². The third kappa shape index (κ3) is 2.56. The smallest absolute Gasteiger partial charge is 0.238 e. The second kappa shape index (κ2) is 6.41. The standard InChI is InChI=1S/C24H19NO3/c26-20(16-6-2-1-3-7-16)12-9-15-5-4-8-19(13-15)25-23(27)21-17-10-11-18(14-17)22(21)24(25)28/h1-13,17-18,21-22H,14H2. The maximum absolute atomic E-state index is 12.9. The lowest BCUT2D eigenvalue weighted by atomic mass is 9.85. The third-order valence-corrected chi connectivity index (χ3v) is 6.08. The normalized spacial score (nSPS) is 27.8. The Bertz CT molecular complexity index is 1010. The summed E-state index contributed by atoms with van der Waals surface area (Å²) < 4.78 is 0. The largest absolute Gasteiger partial charge is 0.289 e. The lowest BCUT2D eigenvalue weighted by Gasteiger charge is -2.17. The van der Waals surface area contributed by atoms with Gasteiger partial charge in [-0.2, -0.15) is 0 Å². The maximum atomic E-state index is 12.9. The van der Waals surface area contributed by atoms with E-state index in [2.05, 4.69) is 12.2 Å². The van der Waals surface area contributed by atoms with Gasteiger partial charge in [0.2, 0.25) is 11.8 Å². The summed E-state index contributed by atoms with van der Waals surface area (Å²) >= 11 is 0. The zero-order valence-electron chi connectivity index (χ0n) is 15.2. The number of rotatable bonds is 4. The van der Waals surface area contributed by atoms with Crippen LogP contribution in [0.3, 0.4) is 0 Å². The first-order chi connectivity index (χ1) is 13.6. The van der Waals surface area contributed by atoms with Gasteiger partial charge in [0, 0.05) is 5.56 Å². The number of imide groups is 1. The second-order valence-corrected chi connectivity index (χ2v) is 7.67. The van der Waals surface area contributed by atoms with E-state index < -0.39 is 0 Å². The number of hydrogen-bond acceptors (Lipinski definition) is 3. The molecule has 0 aromatic heterocycles. The van der Waals surface area contributed by atoms with Gasteiger partial charge in [-0.3, -0.25) is 14.4 Å². The molecule has 2 aliphatic carbocycles. The van der Waals surface area contributed by atoms with Gasteiger partial charge in [0.1, 0.15) is 0 Å². The Balaban J connectivity index is 1.39. The van der Waals surface area contributed by atoms with Crippen molar-refractivity contribution in [3.63, 3.8) is 0 Å². The predicted octanol–water partition coefficient (Wildman–Crippen LogP) is 3.89. The zero-order valence-corrected chi connectivity index (χ0v) is 15.2. The third-order valence-electron chi connectivity index (χ3n) is 6.08. The van der Waals surface area contributed by atoms with Crippen LogP contribution in [-0.4, -0.2) is 17.6 Å². The number of benzene rings is 2. The van der Waals surface area contributed by atoms with Crippen molar-refractivity contribution < 1.29 is 14.4 Å². The molecule has 3 aliphatic rings. The highest BCUT2D eigenvalue weighted by molar-refractivity contribution is 6.23. The number of fused-ring (bicyclic) bond motifs is 5. The average Bonchev–Trinajstić information content (AvgIpc) is 3.41. The number of amides is 2. The van der Waals surface area contributed by atoms with Gasteiger partial charge in [-0.1, -0.05) is 60.7 Å². The molecule has 1 aliphatic heterocycles. The summed E-state index contributed by atoms with van der Waals surface area (Å²) in [5.74, 6) is -0.285. The van der Waals surface area contributed by atoms with E-state index in [-0.39, 0.29) is 41.3 Å². The van der Waals surface area contributed by atoms with Gasteiger partial charge < -0.3 is 0 Å². The average molecular weight is 369 g/mol. The van der Waals surface area contributed by atoms with E-state index >= 15 is 0 Å². The summed E-state index contributed by atoms with van der Waals surface area (Å²) in [6.07, 6.45) is 8.34. The molecule has 28 heavy (non-hydrogen) atoms. The summed E-state index contributed by atoms with van der Waals surface area (Å²) in [4.78, 5) is 39.5. The molecular weight excluding hydrogens is 350 g/mol. The Morgan fingerprint density at radius 3 is 2.25 bits per heavy atom. The molecule has 2 fully saturated rings. The van der Waals surface area contributed by atoms with E-state index in [1.165, 1.54) is 11.0 Å². The van der Waals surface area contributed by atoms with Crippen LogP contribution < -0.4 is 4.90 Å². The molecule has 4 nitrogen and oxygen atoms in total. The molecule has 4 unspecified atom stereocenters. The van der Waals surface area contributed by atoms with Crippen LogP contribution in [0.25, 0.3) is 6.08 Å². The first-order valence-corrected chi connectivity index (χ1v) is 9.57. The number of carbonyl (C=O) groups excluding carboxylic acids is 3. The number of carbonyl (C=O) groups is 3. The molecule has 1 saturated heterocycles. The zero-order chi connectivity index (χ0) is 19.3. The quantitative estimate of drug-likeness (QED) is 0.356. The lowest BCUT2D eigenvalue weighted by molar-refractivity contribution is -0.123. The fourth-order valence-electron chi connectivity index (χ4n) is 4.79. The van der Waals surface area contributed by atoms with E-state index in [0.29, 0.717) is 11.3 Å². The molecule has 4 heteroatoms. The fourth-order valence-corrected chi connectivity index (χ4v) is 4.79. The molecule has 1 heterocycles. The van der Waals surface area contributed by atoms with E-state index in [1.54, 1.807) is 30.3 Å². The molecule has 0 N–H and O–H groups in total. The molecule has 1 saturated carbocycles. The van der Waals surface area contributed by atoms with Crippen LogP contribution in [0.15, 0.2) is 72.8 Å². The van der Waals surface area contributed by atoms with Crippen molar-refractivity contribution in [3.8, 4) is 0 Å². The van der Waals surface area contributed by atoms with Crippen molar-refractivity contribution in [2.24, 2.45) is 23.7 Å². The van der Waals surface area contributed by atoms with Crippen LogP contribution in [-0.2, 0) is 9.59 Å². The van der Waals surface area contributed by atoms with E-state index in [9.17, 15) is 14.4 Å². The van der Waals surface area contributed by atoms with Gasteiger partial charge in [-0.15, -0.1) is 0 Å². The second-order valence-electron chi connectivity index (χ2n) is 7.67. The monoisotopic (exact) mass is 369 g/mol. The summed E-state index contributed by atoms with van der Waals surface area (Å²) in [6, 6.07) is 16.3. The Morgan fingerprint density at radius 1 is 0.893 bits per heavy atom. The molecular formula is C24H19NO3. The predicted molar refractivity (Wildman–Crippen MR) is 106 cm³/mol. The molecule has 2 amide bonds. The van der Waals surface area contributed by atoms with Crippen molar-refractivity contribution >= 4 is 29.4 Å². The summed E-state index contributed by atoms with van der Waals surface area (Å²) in [5, 5.41) is 0. The molecule has 0 radical (unpaired) electrons. The summed E-state index contributed by atoms with van der Waals surface area (Å²) in [6.45, 7) is 0. The Morgan fingerprint density at radius 2 is 1.57 bits per heavy atom. The van der Waals surface area contributed by atoms with Gasteiger partial charge in [-0.25, -0.2) is 4.90 Å². The minimum Gasteiger partial charge on any atom is -0.289 e. The van der Waals surface area contributed by atoms with Gasteiger partial charge in [-0.05, 0) is 42.0 Å². The number of nitrogens with zero attached hydrogens (tertiary/aromatic N) is 1. The van der Waals surface area contributed by atoms with Gasteiger partial charge in [0.25, 0.3) is 0 Å². The van der Waals surface area contributed by atoms with Crippen LogP contribution >= 0.6 is 0 Å². The first kappa shape index (κ1) is 16.9. The van der Waals surface area contributed by atoms with E-state index in [1.807, 2.05) is 30.3 Å². The fraction of sp³-hybridized carbons (Fsp3) is 0.208. The van der Waals surface area contributed by atoms with Crippen LogP contribution in [0, 0.1) is 23.7 Å². The van der Waals surface area contributed by atoms with Gasteiger partial charge in [0.15, 0.2) is 5.78 Å². The van der Waals surface area contributed by atoms with Crippen molar-refractivity contribution in [1.29, 1.82) is 0 Å². The van der Waals surface area contributed by atoms with Gasteiger partial charge in [0.05, 0.1) is 17.5 Å². The maximum Gasteiger partial charge on any atom is 0.238 e. The lowest BCUT2D eigenvalue weighted by Crippen LogP contribution is -2.32. The summed E-state index contributed by atoms with van der Waals surface area (Å²) in [7, 11) is 0. The number of ketones is 1. The molecule has 4 atom stereocenters. The Labute approximate surface area is 163 Å². The molecule has 138 valence electrons.